The molecule has 0 bridgehead atoms. The molecule has 1 aliphatic heterocycles. The van der Waals surface area contributed by atoms with Crippen LogP contribution in [-0.4, -0.2) is 11.1 Å². The number of thioether (sulfide) groups is 1. The number of carboxylic acids is 1. The number of carboxylic acid groups (broad SMARTS) is 1. The highest BCUT2D eigenvalue weighted by molar-refractivity contribution is 9.10. The first-order chi connectivity index (χ1) is 9.16. The molecule has 1 heterocycles. The van der Waals surface area contributed by atoms with Gasteiger partial charge in [-0.3, -0.25) is 4.79 Å². The molecule has 2 nitrogen and oxygen atoms in total. The average Bonchev–Trinajstić information content (AvgIpc) is 2.54. The summed E-state index contributed by atoms with van der Waals surface area (Å²) in [4.78, 5) is 12.8. The smallest absolute Gasteiger partial charge is 0.315 e. The molecule has 0 fully saturated rings. The second-order valence-corrected chi connectivity index (χ2v) is 6.37. The van der Waals surface area contributed by atoms with Crippen molar-refractivity contribution in [2.45, 2.75) is 16.6 Å². The summed E-state index contributed by atoms with van der Waals surface area (Å²) in [6, 6.07) is 13.7. The van der Waals surface area contributed by atoms with Crippen molar-refractivity contribution in [3.8, 4) is 0 Å². The number of hydrogen-bond acceptors (Lipinski definition) is 2. The van der Waals surface area contributed by atoms with E-state index < -0.39 is 11.9 Å². The number of hydrogen-bond donors (Lipinski definition) is 1. The van der Waals surface area contributed by atoms with Crippen LogP contribution in [0.25, 0.3) is 0 Å². The second kappa shape index (κ2) is 5.02. The predicted molar refractivity (Wildman–Crippen MR) is 79.6 cm³/mol. The summed E-state index contributed by atoms with van der Waals surface area (Å²) in [7, 11) is 0. The number of halogens is 1. The van der Waals surface area contributed by atoms with E-state index in [-0.39, 0.29) is 0 Å². The number of aliphatic carboxylic acids is 1. The Hall–Kier alpha value is -1.26. The molecule has 2 aromatic rings. The van der Waals surface area contributed by atoms with Crippen LogP contribution in [0.2, 0.25) is 0 Å². The standard InChI is InChI=1S/C15H11BrO2S/c16-10-5-6-13-12(7-10)14(15(17)18)11-4-2-1-3-9(11)8-19-13/h1-7,14H,8H2,(H,17,18)/t14-/m0/s1. The highest BCUT2D eigenvalue weighted by Gasteiger charge is 2.29. The van der Waals surface area contributed by atoms with Crippen LogP contribution in [0.3, 0.4) is 0 Å². The Bertz CT molecular complexity index is 654. The van der Waals surface area contributed by atoms with E-state index in [9.17, 15) is 9.90 Å². The zero-order chi connectivity index (χ0) is 13.4. The van der Waals surface area contributed by atoms with Crippen molar-refractivity contribution in [1.29, 1.82) is 0 Å². The summed E-state index contributed by atoms with van der Waals surface area (Å²) in [5.74, 6) is -0.567. The summed E-state index contributed by atoms with van der Waals surface area (Å²) in [6.07, 6.45) is 0. The molecule has 0 aromatic heterocycles. The van der Waals surface area contributed by atoms with Gasteiger partial charge in [0.25, 0.3) is 0 Å². The highest BCUT2D eigenvalue weighted by atomic mass is 79.9. The van der Waals surface area contributed by atoms with E-state index in [1.54, 1.807) is 11.8 Å². The molecule has 1 atom stereocenters. The Balaban J connectivity index is 2.25. The van der Waals surface area contributed by atoms with Gasteiger partial charge in [0.1, 0.15) is 5.92 Å². The molecule has 96 valence electrons. The lowest BCUT2D eigenvalue weighted by atomic mass is 9.89. The van der Waals surface area contributed by atoms with E-state index in [1.807, 2.05) is 42.5 Å². The zero-order valence-electron chi connectivity index (χ0n) is 9.97. The SMILES string of the molecule is O=C(O)[C@H]1c2ccccc2CSc2ccc(Br)cc21. The number of rotatable bonds is 1. The van der Waals surface area contributed by atoms with Gasteiger partial charge in [0.05, 0.1) is 0 Å². The molecule has 0 spiro atoms. The largest absolute Gasteiger partial charge is 0.481 e. The molecule has 2 aromatic carbocycles. The van der Waals surface area contributed by atoms with E-state index in [0.717, 1.165) is 31.8 Å². The molecule has 0 radical (unpaired) electrons. The maximum atomic E-state index is 11.7. The molecule has 1 N–H and O–H groups in total. The summed E-state index contributed by atoms with van der Waals surface area (Å²) in [6.45, 7) is 0. The molecular weight excluding hydrogens is 324 g/mol. The fourth-order valence-corrected chi connectivity index (χ4v) is 3.87. The first-order valence-electron chi connectivity index (χ1n) is 5.89. The van der Waals surface area contributed by atoms with Gasteiger partial charge in [-0.1, -0.05) is 40.2 Å². The fraction of sp³-hybridized carbons (Fsp3) is 0.133. The molecular formula is C15H11BrO2S. The van der Waals surface area contributed by atoms with E-state index in [2.05, 4.69) is 15.9 Å². The Morgan fingerprint density at radius 2 is 2.00 bits per heavy atom. The maximum absolute atomic E-state index is 11.7. The van der Waals surface area contributed by atoms with Gasteiger partial charge >= 0.3 is 5.97 Å². The second-order valence-electron chi connectivity index (χ2n) is 4.44. The van der Waals surface area contributed by atoms with Gasteiger partial charge in [-0.25, -0.2) is 0 Å². The van der Waals surface area contributed by atoms with Gasteiger partial charge in [0.2, 0.25) is 0 Å². The lowest BCUT2D eigenvalue weighted by Crippen LogP contribution is -2.14. The lowest BCUT2D eigenvalue weighted by molar-refractivity contribution is -0.137. The Morgan fingerprint density at radius 1 is 1.21 bits per heavy atom. The van der Waals surface area contributed by atoms with E-state index in [1.165, 1.54) is 0 Å². The van der Waals surface area contributed by atoms with Crippen LogP contribution in [0.1, 0.15) is 22.6 Å². The van der Waals surface area contributed by atoms with E-state index in [4.69, 9.17) is 0 Å². The third-order valence-electron chi connectivity index (χ3n) is 3.28. The molecule has 19 heavy (non-hydrogen) atoms. The summed E-state index contributed by atoms with van der Waals surface area (Å²) in [5.41, 5.74) is 2.88. The van der Waals surface area contributed by atoms with Crippen molar-refractivity contribution >= 4 is 33.7 Å². The first kappa shape index (κ1) is 12.8. The van der Waals surface area contributed by atoms with Gasteiger partial charge in [0.15, 0.2) is 0 Å². The third kappa shape index (κ3) is 2.30. The van der Waals surface area contributed by atoms with Gasteiger partial charge in [-0.15, -0.1) is 11.8 Å². The normalized spacial score (nSPS) is 17.2. The van der Waals surface area contributed by atoms with Crippen molar-refractivity contribution in [3.63, 3.8) is 0 Å². The van der Waals surface area contributed by atoms with E-state index >= 15 is 0 Å². The Morgan fingerprint density at radius 3 is 2.79 bits per heavy atom. The average molecular weight is 335 g/mol. The van der Waals surface area contributed by atoms with Gasteiger partial charge < -0.3 is 5.11 Å². The third-order valence-corrected chi connectivity index (χ3v) is 4.91. The number of fused-ring (bicyclic) bond motifs is 2. The van der Waals surface area contributed by atoms with Gasteiger partial charge in [-0.2, -0.15) is 0 Å². The Kier molecular flexibility index (Phi) is 3.37. The van der Waals surface area contributed by atoms with Crippen molar-refractivity contribution in [2.75, 3.05) is 0 Å². The van der Waals surface area contributed by atoms with Crippen molar-refractivity contribution < 1.29 is 9.90 Å². The van der Waals surface area contributed by atoms with Crippen LogP contribution in [0.5, 0.6) is 0 Å². The minimum Gasteiger partial charge on any atom is -0.481 e. The summed E-state index contributed by atoms with van der Waals surface area (Å²) in [5, 5.41) is 9.62. The van der Waals surface area contributed by atoms with Crippen LogP contribution in [0.15, 0.2) is 51.8 Å². The highest BCUT2D eigenvalue weighted by Crippen LogP contribution is 2.41. The predicted octanol–water partition coefficient (Wildman–Crippen LogP) is 4.27. The summed E-state index contributed by atoms with van der Waals surface area (Å²) < 4.78 is 0.914. The maximum Gasteiger partial charge on any atom is 0.315 e. The Labute approximate surface area is 124 Å². The number of benzene rings is 2. The molecule has 0 unspecified atom stereocenters. The lowest BCUT2D eigenvalue weighted by Gasteiger charge is -2.15. The van der Waals surface area contributed by atoms with Gasteiger partial charge in [-0.05, 0) is 34.9 Å². The minimum atomic E-state index is -0.797. The van der Waals surface area contributed by atoms with Gasteiger partial charge in [0, 0.05) is 15.1 Å². The molecule has 0 saturated heterocycles. The van der Waals surface area contributed by atoms with Crippen LogP contribution in [0, 0.1) is 0 Å². The van der Waals surface area contributed by atoms with Crippen molar-refractivity contribution in [1.82, 2.24) is 0 Å². The monoisotopic (exact) mass is 334 g/mol. The molecule has 0 amide bonds. The van der Waals surface area contributed by atoms with E-state index in [0.29, 0.717) is 0 Å². The quantitative estimate of drug-likeness (QED) is 0.846. The molecule has 0 saturated carbocycles. The van der Waals surface area contributed by atoms with Crippen LogP contribution < -0.4 is 0 Å². The first-order valence-corrected chi connectivity index (χ1v) is 7.67. The summed E-state index contributed by atoms with van der Waals surface area (Å²) >= 11 is 5.13. The topological polar surface area (TPSA) is 37.3 Å². The molecule has 4 heteroatoms. The van der Waals surface area contributed by atoms with Crippen molar-refractivity contribution in [3.05, 3.63) is 63.6 Å². The van der Waals surface area contributed by atoms with Crippen molar-refractivity contribution in [2.24, 2.45) is 0 Å². The van der Waals surface area contributed by atoms with Crippen LogP contribution >= 0.6 is 27.7 Å². The molecule has 3 rings (SSSR count). The zero-order valence-corrected chi connectivity index (χ0v) is 12.4. The number of carbonyl (C=O) groups is 1. The fourth-order valence-electron chi connectivity index (χ4n) is 2.41. The van der Waals surface area contributed by atoms with Crippen LogP contribution in [-0.2, 0) is 10.5 Å². The van der Waals surface area contributed by atoms with Crippen LogP contribution in [0.4, 0.5) is 0 Å². The molecule has 1 aliphatic rings. The minimum absolute atomic E-state index is 0.585. The molecule has 0 aliphatic carbocycles.